The first-order valence-corrected chi connectivity index (χ1v) is 10.00. The molecule has 1 saturated heterocycles. The lowest BCUT2D eigenvalue weighted by molar-refractivity contribution is -0.385. The Hall–Kier alpha value is -1.75. The van der Waals surface area contributed by atoms with Gasteiger partial charge in [0.1, 0.15) is 4.90 Å². The Bertz CT molecular complexity index is 704. The summed E-state index contributed by atoms with van der Waals surface area (Å²) in [6, 6.07) is 3.89. The summed E-state index contributed by atoms with van der Waals surface area (Å²) < 4.78 is 37.3. The number of nitro benzene ring substituents is 1. The highest BCUT2D eigenvalue weighted by Gasteiger charge is 2.30. The monoisotopic (exact) mass is 387 g/mol. The summed E-state index contributed by atoms with van der Waals surface area (Å²) >= 11 is 0. The predicted octanol–water partition coefficient (Wildman–Crippen LogP) is 1.84. The van der Waals surface area contributed by atoms with E-state index in [2.05, 4.69) is 5.32 Å². The van der Waals surface area contributed by atoms with E-state index in [9.17, 15) is 18.5 Å². The quantitative estimate of drug-likeness (QED) is 0.350. The van der Waals surface area contributed by atoms with Crippen molar-refractivity contribution >= 4 is 21.4 Å². The van der Waals surface area contributed by atoms with Crippen molar-refractivity contribution < 1.29 is 22.8 Å². The molecular weight excluding hydrogens is 362 g/mol. The molecule has 1 fully saturated rings. The van der Waals surface area contributed by atoms with E-state index >= 15 is 0 Å². The van der Waals surface area contributed by atoms with Crippen molar-refractivity contribution in [3.8, 4) is 0 Å². The van der Waals surface area contributed by atoms with E-state index in [0.717, 1.165) is 18.9 Å². The van der Waals surface area contributed by atoms with Gasteiger partial charge in [0.25, 0.3) is 5.69 Å². The van der Waals surface area contributed by atoms with Gasteiger partial charge in [-0.25, -0.2) is 8.42 Å². The van der Waals surface area contributed by atoms with Gasteiger partial charge in [-0.2, -0.15) is 4.31 Å². The van der Waals surface area contributed by atoms with Crippen molar-refractivity contribution in [1.29, 1.82) is 0 Å². The molecule has 0 unspecified atom stereocenters. The Morgan fingerprint density at radius 1 is 1.23 bits per heavy atom. The lowest BCUT2D eigenvalue weighted by atomic mass is 10.2. The molecule has 0 aliphatic carbocycles. The van der Waals surface area contributed by atoms with E-state index in [1.165, 1.54) is 16.4 Å². The number of benzene rings is 1. The average Bonchev–Trinajstić information content (AvgIpc) is 3.16. The summed E-state index contributed by atoms with van der Waals surface area (Å²) in [5.41, 5.74) is 0.135. The lowest BCUT2D eigenvalue weighted by Crippen LogP contribution is -2.28. The number of hydrogen-bond acceptors (Lipinski definition) is 7. The summed E-state index contributed by atoms with van der Waals surface area (Å²) in [4.78, 5) is 10.4. The molecule has 1 aliphatic heterocycles. The molecule has 1 aromatic carbocycles. The molecule has 10 heteroatoms. The van der Waals surface area contributed by atoms with E-state index in [4.69, 9.17) is 9.47 Å². The molecule has 9 nitrogen and oxygen atoms in total. The van der Waals surface area contributed by atoms with Crippen LogP contribution in [0.5, 0.6) is 0 Å². The van der Waals surface area contributed by atoms with Crippen LogP contribution in [0.25, 0.3) is 0 Å². The molecule has 0 amide bonds. The predicted molar refractivity (Wildman–Crippen MR) is 96.9 cm³/mol. The van der Waals surface area contributed by atoms with Gasteiger partial charge in [0.05, 0.1) is 23.8 Å². The Labute approximate surface area is 153 Å². The highest BCUT2D eigenvalue weighted by molar-refractivity contribution is 7.89. The van der Waals surface area contributed by atoms with Crippen LogP contribution in [0.2, 0.25) is 0 Å². The summed E-state index contributed by atoms with van der Waals surface area (Å²) in [5, 5.41) is 14.1. The van der Waals surface area contributed by atoms with Crippen LogP contribution in [0.4, 0.5) is 11.4 Å². The molecule has 1 aromatic rings. The van der Waals surface area contributed by atoms with E-state index in [1.54, 1.807) is 7.11 Å². The maximum atomic E-state index is 12.9. The molecule has 146 valence electrons. The molecule has 0 saturated carbocycles. The molecule has 0 atom stereocenters. The second-order valence-electron chi connectivity index (χ2n) is 5.93. The number of nitrogens with one attached hydrogen (secondary N) is 1. The molecule has 1 aliphatic rings. The van der Waals surface area contributed by atoms with E-state index in [0.29, 0.717) is 51.6 Å². The third kappa shape index (κ3) is 5.37. The molecular formula is C16H25N3O6S. The van der Waals surface area contributed by atoms with Crippen LogP contribution in [0.1, 0.15) is 19.3 Å². The van der Waals surface area contributed by atoms with Crippen molar-refractivity contribution in [1.82, 2.24) is 4.31 Å². The number of non-ortho nitro benzene ring substituents is 1. The van der Waals surface area contributed by atoms with Gasteiger partial charge in [-0.3, -0.25) is 10.1 Å². The zero-order valence-corrected chi connectivity index (χ0v) is 15.7. The Balaban J connectivity index is 2.09. The zero-order chi connectivity index (χ0) is 19.0. The van der Waals surface area contributed by atoms with Gasteiger partial charge in [-0.05, 0) is 25.3 Å². The van der Waals surface area contributed by atoms with Crippen molar-refractivity contribution in [2.24, 2.45) is 0 Å². The molecule has 1 heterocycles. The Morgan fingerprint density at radius 2 is 1.96 bits per heavy atom. The standard InChI is InChI=1S/C16H25N3O6S/c1-24-11-12-25-10-4-7-17-15-6-5-14(19(20)21)13-16(15)26(22,23)18-8-2-3-9-18/h5-6,13,17H,2-4,7-12H2,1H3. The van der Waals surface area contributed by atoms with Gasteiger partial charge >= 0.3 is 0 Å². The third-order valence-corrected chi connectivity index (χ3v) is 6.01. The number of sulfonamides is 1. The minimum atomic E-state index is -3.76. The number of rotatable bonds is 11. The van der Waals surface area contributed by atoms with Gasteiger partial charge in [-0.15, -0.1) is 0 Å². The molecule has 0 radical (unpaired) electrons. The van der Waals surface area contributed by atoms with Crippen LogP contribution in [-0.2, 0) is 19.5 Å². The molecule has 0 bridgehead atoms. The smallest absolute Gasteiger partial charge is 0.270 e. The van der Waals surface area contributed by atoms with Gasteiger partial charge in [0.2, 0.25) is 10.0 Å². The highest BCUT2D eigenvalue weighted by atomic mass is 32.2. The van der Waals surface area contributed by atoms with Crippen molar-refractivity contribution in [3.05, 3.63) is 28.3 Å². The fraction of sp³-hybridized carbons (Fsp3) is 0.625. The number of nitro groups is 1. The average molecular weight is 387 g/mol. The van der Waals surface area contributed by atoms with E-state index in [1.807, 2.05) is 0 Å². The largest absolute Gasteiger partial charge is 0.384 e. The summed E-state index contributed by atoms with van der Waals surface area (Å²) in [6.45, 7) is 2.91. The van der Waals surface area contributed by atoms with E-state index < -0.39 is 14.9 Å². The number of hydrogen-bond donors (Lipinski definition) is 1. The Morgan fingerprint density at radius 3 is 2.62 bits per heavy atom. The van der Waals surface area contributed by atoms with Crippen LogP contribution < -0.4 is 5.32 Å². The molecule has 1 N–H and O–H groups in total. The minimum Gasteiger partial charge on any atom is -0.384 e. The van der Waals surface area contributed by atoms with Gasteiger partial charge in [0.15, 0.2) is 0 Å². The highest BCUT2D eigenvalue weighted by Crippen LogP contribution is 2.30. The normalized spacial score (nSPS) is 15.3. The van der Waals surface area contributed by atoms with Gasteiger partial charge in [-0.1, -0.05) is 0 Å². The van der Waals surface area contributed by atoms with E-state index in [-0.39, 0.29) is 10.6 Å². The number of methoxy groups -OCH3 is 1. The topological polar surface area (TPSA) is 111 Å². The first-order chi connectivity index (χ1) is 12.5. The van der Waals surface area contributed by atoms with Gasteiger partial charge in [0, 0.05) is 45.5 Å². The fourth-order valence-electron chi connectivity index (χ4n) is 2.69. The third-order valence-electron chi connectivity index (χ3n) is 4.07. The molecule has 0 spiro atoms. The summed E-state index contributed by atoms with van der Waals surface area (Å²) in [6.07, 6.45) is 2.27. The fourth-order valence-corrected chi connectivity index (χ4v) is 4.40. The van der Waals surface area contributed by atoms with Gasteiger partial charge < -0.3 is 14.8 Å². The van der Waals surface area contributed by atoms with Crippen molar-refractivity contribution in [3.63, 3.8) is 0 Å². The molecule has 0 aromatic heterocycles. The Kier molecular flexibility index (Phi) is 7.76. The maximum absolute atomic E-state index is 12.9. The van der Waals surface area contributed by atoms with Crippen LogP contribution in [0.3, 0.4) is 0 Å². The van der Waals surface area contributed by atoms with Crippen LogP contribution >= 0.6 is 0 Å². The maximum Gasteiger partial charge on any atom is 0.270 e. The number of anilines is 1. The number of ether oxygens (including phenoxy) is 2. The zero-order valence-electron chi connectivity index (χ0n) is 14.8. The SMILES string of the molecule is COCCOCCCNc1ccc([N+](=O)[O-])cc1S(=O)(=O)N1CCCC1. The second-order valence-corrected chi connectivity index (χ2v) is 7.84. The van der Waals surface area contributed by atoms with Crippen LogP contribution in [-0.4, -0.2) is 64.2 Å². The minimum absolute atomic E-state index is 0.0473. The summed E-state index contributed by atoms with van der Waals surface area (Å²) in [7, 11) is -2.16. The molecule has 2 rings (SSSR count). The van der Waals surface area contributed by atoms with Crippen molar-refractivity contribution in [2.45, 2.75) is 24.2 Å². The first-order valence-electron chi connectivity index (χ1n) is 8.56. The van der Waals surface area contributed by atoms with Crippen LogP contribution in [0.15, 0.2) is 23.1 Å². The van der Waals surface area contributed by atoms with Crippen molar-refractivity contribution in [2.75, 3.05) is 51.9 Å². The van der Waals surface area contributed by atoms with Crippen LogP contribution in [0, 0.1) is 10.1 Å². The summed E-state index contributed by atoms with van der Waals surface area (Å²) in [5.74, 6) is 0. The number of nitrogens with zero attached hydrogens (tertiary/aromatic N) is 2. The molecule has 26 heavy (non-hydrogen) atoms. The lowest BCUT2D eigenvalue weighted by Gasteiger charge is -2.18. The second kappa shape index (κ2) is 9.81. The first kappa shape index (κ1) is 20.6.